The van der Waals surface area contributed by atoms with Crippen LogP contribution in [0.5, 0.6) is 0 Å². The highest BCUT2D eigenvalue weighted by molar-refractivity contribution is 8.05. The lowest BCUT2D eigenvalue weighted by Gasteiger charge is -2.08. The predicted octanol–water partition coefficient (Wildman–Crippen LogP) is 3.54. The van der Waals surface area contributed by atoms with Crippen LogP contribution in [-0.2, 0) is 0 Å². The summed E-state index contributed by atoms with van der Waals surface area (Å²) < 4.78 is 0. The zero-order chi connectivity index (χ0) is 7.94. The van der Waals surface area contributed by atoms with E-state index in [0.717, 1.165) is 0 Å². The lowest BCUT2D eigenvalue weighted by atomic mass is 10.2. The summed E-state index contributed by atoms with van der Waals surface area (Å²) in [6.07, 6.45) is 5.40. The molecule has 0 nitrogen and oxygen atoms in total. The van der Waals surface area contributed by atoms with Crippen LogP contribution in [0.2, 0.25) is 0 Å². The van der Waals surface area contributed by atoms with Gasteiger partial charge in [0.25, 0.3) is 0 Å². The van der Waals surface area contributed by atoms with Gasteiger partial charge in [-0.2, -0.15) is 11.8 Å². The van der Waals surface area contributed by atoms with Crippen LogP contribution in [0.4, 0.5) is 0 Å². The number of rotatable bonds is 0. The maximum Gasteiger partial charge on any atom is 0.00676 e. The SMILES string of the molecule is C=C1CCCCCSCCS1. The van der Waals surface area contributed by atoms with Crippen molar-refractivity contribution < 1.29 is 0 Å². The summed E-state index contributed by atoms with van der Waals surface area (Å²) >= 11 is 4.05. The first kappa shape index (κ1) is 9.53. The molecule has 1 aliphatic heterocycles. The molecule has 1 aliphatic rings. The standard InChI is InChI=1S/C9H16S2/c1-9-5-3-2-4-6-10-7-8-11-9/h1-8H2. The van der Waals surface area contributed by atoms with E-state index < -0.39 is 0 Å². The van der Waals surface area contributed by atoms with Crippen LogP contribution in [0.3, 0.4) is 0 Å². The fourth-order valence-corrected chi connectivity index (χ4v) is 3.12. The third kappa shape index (κ3) is 4.81. The highest BCUT2D eigenvalue weighted by atomic mass is 32.2. The summed E-state index contributed by atoms with van der Waals surface area (Å²) in [5, 5.41) is 0. The van der Waals surface area contributed by atoms with Gasteiger partial charge in [0.15, 0.2) is 0 Å². The molecule has 0 aromatic heterocycles. The average molecular weight is 188 g/mol. The quantitative estimate of drug-likeness (QED) is 0.570. The Morgan fingerprint density at radius 2 is 1.91 bits per heavy atom. The van der Waals surface area contributed by atoms with Gasteiger partial charge in [0.2, 0.25) is 0 Å². The van der Waals surface area contributed by atoms with E-state index in [1.165, 1.54) is 47.8 Å². The molecule has 0 amide bonds. The van der Waals surface area contributed by atoms with E-state index in [1.807, 2.05) is 11.8 Å². The first-order valence-corrected chi connectivity index (χ1v) is 6.42. The van der Waals surface area contributed by atoms with Crippen LogP contribution in [0.15, 0.2) is 11.5 Å². The monoisotopic (exact) mass is 188 g/mol. The lowest BCUT2D eigenvalue weighted by Crippen LogP contribution is -1.91. The van der Waals surface area contributed by atoms with Crippen LogP contribution < -0.4 is 0 Å². The molecule has 0 aliphatic carbocycles. The van der Waals surface area contributed by atoms with Crippen molar-refractivity contribution in [3.05, 3.63) is 11.5 Å². The summed E-state index contributed by atoms with van der Waals surface area (Å²) in [6, 6.07) is 0. The van der Waals surface area contributed by atoms with Gasteiger partial charge < -0.3 is 0 Å². The average Bonchev–Trinajstić information content (AvgIpc) is 2.03. The third-order valence-corrected chi connectivity index (χ3v) is 4.13. The molecule has 0 saturated carbocycles. The van der Waals surface area contributed by atoms with E-state index in [9.17, 15) is 0 Å². The van der Waals surface area contributed by atoms with Crippen molar-refractivity contribution in [3.8, 4) is 0 Å². The molecule has 1 rings (SSSR count). The van der Waals surface area contributed by atoms with E-state index in [0.29, 0.717) is 0 Å². The van der Waals surface area contributed by atoms with Gasteiger partial charge in [0.1, 0.15) is 0 Å². The zero-order valence-electron chi connectivity index (χ0n) is 6.97. The fourth-order valence-electron chi connectivity index (χ4n) is 1.12. The number of thioether (sulfide) groups is 2. The van der Waals surface area contributed by atoms with Crippen molar-refractivity contribution in [1.82, 2.24) is 0 Å². The molecule has 0 radical (unpaired) electrons. The van der Waals surface area contributed by atoms with Crippen LogP contribution >= 0.6 is 23.5 Å². The Morgan fingerprint density at radius 1 is 1.00 bits per heavy atom. The van der Waals surface area contributed by atoms with Crippen LogP contribution in [0.25, 0.3) is 0 Å². The van der Waals surface area contributed by atoms with Crippen molar-refractivity contribution in [2.24, 2.45) is 0 Å². The first-order valence-electron chi connectivity index (χ1n) is 4.28. The number of allylic oxidation sites excluding steroid dienone is 1. The largest absolute Gasteiger partial charge is 0.161 e. The minimum absolute atomic E-state index is 1.25. The zero-order valence-corrected chi connectivity index (χ0v) is 8.61. The molecule has 0 atom stereocenters. The fraction of sp³-hybridized carbons (Fsp3) is 0.778. The van der Waals surface area contributed by atoms with Crippen molar-refractivity contribution >= 4 is 23.5 Å². The van der Waals surface area contributed by atoms with E-state index in [4.69, 9.17) is 0 Å². The van der Waals surface area contributed by atoms with Crippen molar-refractivity contribution in [3.63, 3.8) is 0 Å². The van der Waals surface area contributed by atoms with Crippen LogP contribution in [-0.4, -0.2) is 17.3 Å². The highest BCUT2D eigenvalue weighted by Crippen LogP contribution is 2.23. The summed E-state index contributed by atoms with van der Waals surface area (Å²) in [7, 11) is 0. The molecule has 64 valence electrons. The number of hydrogen-bond donors (Lipinski definition) is 0. The minimum atomic E-state index is 1.25. The summed E-state index contributed by atoms with van der Waals surface area (Å²) in [5.41, 5.74) is 0. The summed E-state index contributed by atoms with van der Waals surface area (Å²) in [5.74, 6) is 3.94. The molecule has 0 aromatic rings. The van der Waals surface area contributed by atoms with E-state index >= 15 is 0 Å². The molecule has 0 bridgehead atoms. The second-order valence-electron chi connectivity index (χ2n) is 2.81. The van der Waals surface area contributed by atoms with Gasteiger partial charge in [-0.1, -0.05) is 13.0 Å². The van der Waals surface area contributed by atoms with Crippen LogP contribution in [0, 0.1) is 0 Å². The van der Waals surface area contributed by atoms with Gasteiger partial charge in [-0.3, -0.25) is 0 Å². The van der Waals surface area contributed by atoms with E-state index in [2.05, 4.69) is 18.3 Å². The Balaban J connectivity index is 2.17. The summed E-state index contributed by atoms with van der Waals surface area (Å²) in [6.45, 7) is 4.04. The van der Waals surface area contributed by atoms with Crippen molar-refractivity contribution in [2.45, 2.75) is 25.7 Å². The Bertz CT molecular complexity index is 109. The maximum atomic E-state index is 4.04. The molecule has 0 N–H and O–H groups in total. The maximum absolute atomic E-state index is 4.04. The normalized spacial score (nSPS) is 23.1. The van der Waals surface area contributed by atoms with E-state index in [-0.39, 0.29) is 0 Å². The van der Waals surface area contributed by atoms with Gasteiger partial charge in [-0.05, 0) is 29.9 Å². The molecule has 0 aromatic carbocycles. The minimum Gasteiger partial charge on any atom is -0.161 e. The molecule has 0 spiro atoms. The van der Waals surface area contributed by atoms with E-state index in [1.54, 1.807) is 0 Å². The predicted molar refractivity (Wildman–Crippen MR) is 57.4 cm³/mol. The van der Waals surface area contributed by atoms with Gasteiger partial charge in [-0.25, -0.2) is 0 Å². The smallest absolute Gasteiger partial charge is 0.00676 e. The Kier molecular flexibility index (Phi) is 5.21. The molecular formula is C9H16S2. The Labute approximate surface area is 78.2 Å². The Hall–Kier alpha value is 0.440. The molecule has 11 heavy (non-hydrogen) atoms. The molecule has 2 heteroatoms. The second-order valence-corrected chi connectivity index (χ2v) is 5.31. The summed E-state index contributed by atoms with van der Waals surface area (Å²) in [4.78, 5) is 1.40. The van der Waals surface area contributed by atoms with Gasteiger partial charge in [0.05, 0.1) is 0 Å². The van der Waals surface area contributed by atoms with Gasteiger partial charge in [0, 0.05) is 11.5 Å². The molecule has 1 heterocycles. The third-order valence-electron chi connectivity index (χ3n) is 1.78. The second kappa shape index (κ2) is 6.01. The molecular weight excluding hydrogens is 172 g/mol. The lowest BCUT2D eigenvalue weighted by molar-refractivity contribution is 0.731. The molecule has 1 fully saturated rings. The Morgan fingerprint density at radius 3 is 2.82 bits per heavy atom. The van der Waals surface area contributed by atoms with Crippen molar-refractivity contribution in [2.75, 3.05) is 17.3 Å². The number of hydrogen-bond acceptors (Lipinski definition) is 2. The molecule has 1 saturated heterocycles. The van der Waals surface area contributed by atoms with Gasteiger partial charge in [-0.15, -0.1) is 11.8 Å². The van der Waals surface area contributed by atoms with Crippen molar-refractivity contribution in [1.29, 1.82) is 0 Å². The topological polar surface area (TPSA) is 0 Å². The van der Waals surface area contributed by atoms with Crippen LogP contribution in [0.1, 0.15) is 25.7 Å². The first-order chi connectivity index (χ1) is 5.39. The molecule has 0 unspecified atom stereocenters. The highest BCUT2D eigenvalue weighted by Gasteiger charge is 1.99. The van der Waals surface area contributed by atoms with Gasteiger partial charge >= 0.3 is 0 Å².